The number of carbonyl (C=O) groups excluding carboxylic acids is 1. The Hall–Kier alpha value is -3.02. The molecule has 0 unspecified atom stereocenters. The fraction of sp³-hybridized carbons (Fsp3) is 0.0667. The van der Waals surface area contributed by atoms with Crippen molar-refractivity contribution in [2.24, 2.45) is 16.6 Å². The summed E-state index contributed by atoms with van der Waals surface area (Å²) in [5.41, 5.74) is 13.7. The van der Waals surface area contributed by atoms with Gasteiger partial charge in [-0.3, -0.25) is 4.79 Å². The topological polar surface area (TPSA) is 114 Å². The lowest BCUT2D eigenvalue weighted by atomic mass is 10.1. The second-order valence-electron chi connectivity index (χ2n) is 4.48. The molecular weight excluding hydrogens is 268 g/mol. The molecule has 2 aromatic rings. The molecule has 2 aromatic carbocycles. The third kappa shape index (κ3) is 3.73. The first-order valence-corrected chi connectivity index (χ1v) is 6.30. The van der Waals surface area contributed by atoms with Gasteiger partial charge in [0.15, 0.2) is 5.84 Å². The van der Waals surface area contributed by atoms with E-state index in [1.807, 2.05) is 18.2 Å². The van der Waals surface area contributed by atoms with Gasteiger partial charge in [0, 0.05) is 23.4 Å². The SMILES string of the molecule is NC(=O)c1cccc(NCc2ccc(/C(N)=N/O)cc2)c1. The summed E-state index contributed by atoms with van der Waals surface area (Å²) in [5, 5.41) is 14.7. The highest BCUT2D eigenvalue weighted by atomic mass is 16.4. The second kappa shape index (κ2) is 6.42. The van der Waals surface area contributed by atoms with E-state index in [-0.39, 0.29) is 5.84 Å². The van der Waals surface area contributed by atoms with Gasteiger partial charge < -0.3 is 22.0 Å². The van der Waals surface area contributed by atoms with Crippen LogP contribution in [0.5, 0.6) is 0 Å². The highest BCUT2D eigenvalue weighted by molar-refractivity contribution is 5.97. The van der Waals surface area contributed by atoms with Crippen molar-refractivity contribution in [3.63, 3.8) is 0 Å². The fourth-order valence-electron chi connectivity index (χ4n) is 1.84. The minimum absolute atomic E-state index is 0.0728. The van der Waals surface area contributed by atoms with Gasteiger partial charge >= 0.3 is 0 Å². The molecule has 6 nitrogen and oxygen atoms in total. The zero-order valence-electron chi connectivity index (χ0n) is 11.3. The fourth-order valence-corrected chi connectivity index (χ4v) is 1.84. The third-order valence-electron chi connectivity index (χ3n) is 3.00. The predicted octanol–water partition coefficient (Wildman–Crippen LogP) is 1.49. The molecule has 0 spiro atoms. The van der Waals surface area contributed by atoms with Crippen molar-refractivity contribution in [3.8, 4) is 0 Å². The highest BCUT2D eigenvalue weighted by Gasteiger charge is 2.02. The third-order valence-corrected chi connectivity index (χ3v) is 3.00. The monoisotopic (exact) mass is 284 g/mol. The lowest BCUT2D eigenvalue weighted by molar-refractivity contribution is 0.100. The number of amides is 1. The molecule has 0 radical (unpaired) electrons. The summed E-state index contributed by atoms with van der Waals surface area (Å²) in [5.74, 6) is -0.384. The van der Waals surface area contributed by atoms with E-state index in [9.17, 15) is 4.79 Å². The van der Waals surface area contributed by atoms with Crippen LogP contribution in [0.2, 0.25) is 0 Å². The quantitative estimate of drug-likeness (QED) is 0.288. The summed E-state index contributed by atoms with van der Waals surface area (Å²) in [4.78, 5) is 11.1. The molecule has 0 aliphatic carbocycles. The first-order chi connectivity index (χ1) is 10.1. The summed E-state index contributed by atoms with van der Waals surface area (Å²) in [6.45, 7) is 0.582. The van der Waals surface area contributed by atoms with Gasteiger partial charge in [0.25, 0.3) is 0 Å². The number of nitrogens with two attached hydrogens (primary N) is 2. The van der Waals surface area contributed by atoms with Gasteiger partial charge in [-0.1, -0.05) is 35.5 Å². The van der Waals surface area contributed by atoms with E-state index in [1.165, 1.54) is 0 Å². The maximum Gasteiger partial charge on any atom is 0.248 e. The van der Waals surface area contributed by atoms with Gasteiger partial charge in [0.2, 0.25) is 5.91 Å². The van der Waals surface area contributed by atoms with E-state index in [0.29, 0.717) is 17.7 Å². The van der Waals surface area contributed by atoms with Gasteiger partial charge in [0.05, 0.1) is 0 Å². The van der Waals surface area contributed by atoms with Crippen molar-refractivity contribution in [3.05, 3.63) is 65.2 Å². The molecule has 6 N–H and O–H groups in total. The number of primary amides is 1. The number of rotatable bonds is 5. The number of benzene rings is 2. The zero-order chi connectivity index (χ0) is 15.2. The molecule has 0 bridgehead atoms. The zero-order valence-corrected chi connectivity index (χ0v) is 11.3. The van der Waals surface area contributed by atoms with Crippen molar-refractivity contribution in [1.29, 1.82) is 0 Å². The number of amidine groups is 1. The maximum atomic E-state index is 11.1. The molecule has 21 heavy (non-hydrogen) atoms. The molecule has 0 fully saturated rings. The van der Waals surface area contributed by atoms with Crippen molar-refractivity contribution < 1.29 is 10.0 Å². The lowest BCUT2D eigenvalue weighted by Crippen LogP contribution is -2.13. The average Bonchev–Trinajstić information content (AvgIpc) is 2.53. The molecule has 108 valence electrons. The molecule has 0 saturated carbocycles. The summed E-state index contributed by atoms with van der Waals surface area (Å²) < 4.78 is 0. The number of oxime groups is 1. The smallest absolute Gasteiger partial charge is 0.248 e. The van der Waals surface area contributed by atoms with Gasteiger partial charge in [-0.15, -0.1) is 0 Å². The van der Waals surface area contributed by atoms with Crippen LogP contribution in [-0.4, -0.2) is 17.0 Å². The van der Waals surface area contributed by atoms with Crippen molar-refractivity contribution in [1.82, 2.24) is 0 Å². The van der Waals surface area contributed by atoms with Crippen LogP contribution >= 0.6 is 0 Å². The minimum atomic E-state index is -0.457. The van der Waals surface area contributed by atoms with Crippen LogP contribution < -0.4 is 16.8 Å². The Morgan fingerprint density at radius 3 is 2.43 bits per heavy atom. The van der Waals surface area contributed by atoms with Crippen molar-refractivity contribution in [2.75, 3.05) is 5.32 Å². The summed E-state index contributed by atoms with van der Waals surface area (Å²) in [7, 11) is 0. The number of nitrogens with zero attached hydrogens (tertiary/aromatic N) is 1. The largest absolute Gasteiger partial charge is 0.409 e. The van der Waals surface area contributed by atoms with E-state index in [2.05, 4.69) is 10.5 Å². The van der Waals surface area contributed by atoms with E-state index < -0.39 is 5.91 Å². The van der Waals surface area contributed by atoms with Crippen LogP contribution in [0.25, 0.3) is 0 Å². The van der Waals surface area contributed by atoms with E-state index in [0.717, 1.165) is 11.3 Å². The van der Waals surface area contributed by atoms with E-state index in [4.69, 9.17) is 16.7 Å². The number of nitrogens with one attached hydrogen (secondary N) is 1. The average molecular weight is 284 g/mol. The van der Waals surface area contributed by atoms with Gasteiger partial charge in [0.1, 0.15) is 0 Å². The second-order valence-corrected chi connectivity index (χ2v) is 4.48. The van der Waals surface area contributed by atoms with Crippen LogP contribution in [0.4, 0.5) is 5.69 Å². The van der Waals surface area contributed by atoms with E-state index in [1.54, 1.807) is 30.3 Å². The molecule has 6 heteroatoms. The van der Waals surface area contributed by atoms with Gasteiger partial charge in [-0.05, 0) is 23.8 Å². The summed E-state index contributed by atoms with van der Waals surface area (Å²) >= 11 is 0. The summed E-state index contributed by atoms with van der Waals surface area (Å²) in [6, 6.07) is 14.3. The number of hydrogen-bond acceptors (Lipinski definition) is 4. The number of carbonyl (C=O) groups is 1. The first-order valence-electron chi connectivity index (χ1n) is 6.30. The molecule has 2 rings (SSSR count). The Morgan fingerprint density at radius 1 is 1.10 bits per heavy atom. The molecule has 0 aliphatic heterocycles. The molecule has 0 saturated heterocycles. The Labute approximate surface area is 122 Å². The lowest BCUT2D eigenvalue weighted by Gasteiger charge is -2.08. The normalized spacial score (nSPS) is 11.1. The van der Waals surface area contributed by atoms with E-state index >= 15 is 0 Å². The van der Waals surface area contributed by atoms with Crippen LogP contribution in [0.3, 0.4) is 0 Å². The Bertz CT molecular complexity index is 666. The Balaban J connectivity index is 2.03. The molecule has 0 heterocycles. The number of anilines is 1. The van der Waals surface area contributed by atoms with Gasteiger partial charge in [-0.25, -0.2) is 0 Å². The Kier molecular flexibility index (Phi) is 4.40. The first kappa shape index (κ1) is 14.4. The van der Waals surface area contributed by atoms with Gasteiger partial charge in [-0.2, -0.15) is 0 Å². The highest BCUT2D eigenvalue weighted by Crippen LogP contribution is 2.12. The molecule has 0 aliphatic rings. The number of hydrogen-bond donors (Lipinski definition) is 4. The molecular formula is C15H16N4O2. The van der Waals surface area contributed by atoms with Crippen LogP contribution in [-0.2, 0) is 6.54 Å². The molecule has 1 amide bonds. The molecule has 0 atom stereocenters. The van der Waals surface area contributed by atoms with Crippen LogP contribution in [0.15, 0.2) is 53.7 Å². The predicted molar refractivity (Wildman–Crippen MR) is 81.2 cm³/mol. The molecule has 0 aromatic heterocycles. The summed E-state index contributed by atoms with van der Waals surface area (Å²) in [6.07, 6.45) is 0. The van der Waals surface area contributed by atoms with Crippen molar-refractivity contribution in [2.45, 2.75) is 6.54 Å². The van der Waals surface area contributed by atoms with Crippen LogP contribution in [0.1, 0.15) is 21.5 Å². The minimum Gasteiger partial charge on any atom is -0.409 e. The van der Waals surface area contributed by atoms with Crippen molar-refractivity contribution >= 4 is 17.4 Å². The Morgan fingerprint density at radius 2 is 1.81 bits per heavy atom. The van der Waals surface area contributed by atoms with Crippen LogP contribution in [0, 0.1) is 0 Å². The maximum absolute atomic E-state index is 11.1. The standard InChI is InChI=1S/C15H16N4O2/c16-14(19-21)11-6-4-10(5-7-11)9-18-13-3-1-2-12(8-13)15(17)20/h1-8,18,21H,9H2,(H2,16,19)(H2,17,20).